The molecule has 0 aliphatic carbocycles. The van der Waals surface area contributed by atoms with E-state index < -0.39 is 9.84 Å². The number of rotatable bonds is 3. The topological polar surface area (TPSA) is 87.9 Å². The molecule has 9 heteroatoms. The number of sulfone groups is 1. The van der Waals surface area contributed by atoms with Gasteiger partial charge in [-0.15, -0.1) is 12.4 Å². The molecule has 5 rings (SSSR count). The fourth-order valence-corrected chi connectivity index (χ4v) is 6.03. The predicted molar refractivity (Wildman–Crippen MR) is 124 cm³/mol. The fraction of sp³-hybridized carbons (Fsp3) is 0.250. The minimum atomic E-state index is -3.89. The fourth-order valence-electron chi connectivity index (χ4n) is 4.36. The lowest BCUT2D eigenvalue weighted by Crippen LogP contribution is -2.35. The summed E-state index contributed by atoms with van der Waals surface area (Å²) in [5.74, 6) is 1.13. The molecule has 0 saturated carbocycles. The Bertz CT molecular complexity index is 1380. The van der Waals surface area contributed by atoms with E-state index in [2.05, 4.69) is 0 Å². The smallest absolute Gasteiger partial charge is 0.254 e. The van der Waals surface area contributed by atoms with Crippen LogP contribution in [0.15, 0.2) is 62.7 Å². The molecule has 2 aromatic carbocycles. The van der Waals surface area contributed by atoms with Crippen molar-refractivity contribution >= 4 is 33.9 Å². The van der Waals surface area contributed by atoms with Crippen molar-refractivity contribution in [1.29, 1.82) is 0 Å². The second-order valence-electron chi connectivity index (χ2n) is 8.42. The molecule has 0 atom stereocenters. The highest BCUT2D eigenvalue weighted by Crippen LogP contribution is 2.35. The maximum absolute atomic E-state index is 13.2. The average Bonchev–Trinajstić information content (AvgIpc) is 3.17. The second kappa shape index (κ2) is 8.44. The first kappa shape index (κ1) is 23.2. The normalized spacial score (nSPS) is 16.0. The maximum Gasteiger partial charge on any atom is 0.254 e. The zero-order chi connectivity index (χ0) is 22.6. The minimum Gasteiger partial charge on any atom is -0.464 e. The number of carbonyl (C=O) groups is 2. The molecule has 0 fully saturated rings. The lowest BCUT2D eigenvalue weighted by atomic mass is 10.0. The van der Waals surface area contributed by atoms with Crippen LogP contribution < -0.4 is 0 Å². The predicted octanol–water partition coefficient (Wildman–Crippen LogP) is 3.34. The molecule has 1 aromatic heterocycles. The van der Waals surface area contributed by atoms with Crippen molar-refractivity contribution in [3.8, 4) is 0 Å². The first-order valence-electron chi connectivity index (χ1n) is 10.3. The van der Waals surface area contributed by atoms with Gasteiger partial charge in [-0.05, 0) is 50.5 Å². The zero-order valence-electron chi connectivity index (χ0n) is 18.2. The van der Waals surface area contributed by atoms with Crippen molar-refractivity contribution in [1.82, 2.24) is 9.80 Å². The van der Waals surface area contributed by atoms with Gasteiger partial charge in [0.2, 0.25) is 9.84 Å². The molecule has 1 amide bonds. The van der Waals surface area contributed by atoms with Crippen LogP contribution in [-0.2, 0) is 29.3 Å². The van der Waals surface area contributed by atoms with Crippen molar-refractivity contribution in [3.63, 3.8) is 0 Å². The molecule has 0 radical (unpaired) electrons. The van der Waals surface area contributed by atoms with E-state index in [-0.39, 0.29) is 50.6 Å². The van der Waals surface area contributed by atoms with Crippen LogP contribution in [0.25, 0.3) is 0 Å². The van der Waals surface area contributed by atoms with Gasteiger partial charge in [-0.2, -0.15) is 0 Å². The summed E-state index contributed by atoms with van der Waals surface area (Å²) in [5, 5.41) is 0. The van der Waals surface area contributed by atoms with E-state index in [1.807, 2.05) is 25.1 Å². The summed E-state index contributed by atoms with van der Waals surface area (Å²) in [6.45, 7) is 1.56. The molecule has 172 valence electrons. The van der Waals surface area contributed by atoms with Gasteiger partial charge in [0, 0.05) is 41.8 Å². The van der Waals surface area contributed by atoms with Crippen LogP contribution in [0.5, 0.6) is 0 Å². The Morgan fingerprint density at radius 1 is 1.06 bits per heavy atom. The molecular formula is C24H23ClN2O5S. The van der Waals surface area contributed by atoms with Crippen LogP contribution in [0, 0.1) is 0 Å². The van der Waals surface area contributed by atoms with Crippen LogP contribution in [0.4, 0.5) is 0 Å². The number of fused-ring (bicyclic) bond motifs is 3. The molecule has 2 aliphatic rings. The maximum atomic E-state index is 13.2. The van der Waals surface area contributed by atoms with Crippen LogP contribution in [0.2, 0.25) is 0 Å². The molecule has 0 spiro atoms. The Kier molecular flexibility index (Phi) is 5.94. The Labute approximate surface area is 198 Å². The third-order valence-electron chi connectivity index (χ3n) is 5.86. The van der Waals surface area contributed by atoms with Crippen LogP contribution in [0.1, 0.15) is 43.4 Å². The summed E-state index contributed by atoms with van der Waals surface area (Å²) in [7, 11) is 0.0367. The van der Waals surface area contributed by atoms with Crippen molar-refractivity contribution in [2.75, 3.05) is 20.6 Å². The van der Waals surface area contributed by atoms with E-state index in [9.17, 15) is 18.0 Å². The van der Waals surface area contributed by atoms with Gasteiger partial charge in [-0.3, -0.25) is 9.59 Å². The highest BCUT2D eigenvalue weighted by atomic mass is 35.5. The van der Waals surface area contributed by atoms with Crippen LogP contribution >= 0.6 is 12.4 Å². The molecule has 33 heavy (non-hydrogen) atoms. The van der Waals surface area contributed by atoms with Gasteiger partial charge in [-0.1, -0.05) is 12.1 Å². The van der Waals surface area contributed by atoms with Gasteiger partial charge in [0.1, 0.15) is 11.5 Å². The Balaban J connectivity index is 0.00000259. The lowest BCUT2D eigenvalue weighted by molar-refractivity contribution is 0.0729. The second-order valence-corrected chi connectivity index (χ2v) is 10.3. The number of amides is 1. The number of nitrogens with zero attached hydrogens (tertiary/aromatic N) is 2. The van der Waals surface area contributed by atoms with Gasteiger partial charge < -0.3 is 14.2 Å². The number of halogens is 1. The van der Waals surface area contributed by atoms with E-state index >= 15 is 0 Å². The quantitative estimate of drug-likeness (QED) is 0.441. The summed E-state index contributed by atoms with van der Waals surface area (Å²) in [5.41, 5.74) is 1.48. The summed E-state index contributed by atoms with van der Waals surface area (Å²) in [6, 6.07) is 12.5. The molecule has 3 aromatic rings. The SMILES string of the molecule is CN(C)Cc1cc2c(o1)CCN(C(=O)c1ccc3c(c1)S(=O)(=O)c1ccccc1C3=O)C2.Cl. The Morgan fingerprint density at radius 2 is 1.79 bits per heavy atom. The van der Waals surface area contributed by atoms with Gasteiger partial charge in [0.05, 0.1) is 16.3 Å². The molecule has 7 nitrogen and oxygen atoms in total. The molecule has 3 heterocycles. The Hall–Kier alpha value is -2.94. The first-order valence-corrected chi connectivity index (χ1v) is 11.8. The highest BCUT2D eigenvalue weighted by molar-refractivity contribution is 7.91. The van der Waals surface area contributed by atoms with Crippen LogP contribution in [0.3, 0.4) is 0 Å². The summed E-state index contributed by atoms with van der Waals surface area (Å²) < 4.78 is 32.2. The number of carbonyl (C=O) groups excluding carboxylic acids is 2. The molecule has 2 aliphatic heterocycles. The van der Waals surface area contributed by atoms with Gasteiger partial charge in [-0.25, -0.2) is 8.42 Å². The first-order chi connectivity index (χ1) is 15.3. The lowest BCUT2D eigenvalue weighted by Gasteiger charge is -2.27. The van der Waals surface area contributed by atoms with Crippen molar-refractivity contribution in [2.45, 2.75) is 29.3 Å². The van der Waals surface area contributed by atoms with Crippen molar-refractivity contribution in [2.24, 2.45) is 0 Å². The van der Waals surface area contributed by atoms with Crippen molar-refractivity contribution < 1.29 is 22.4 Å². The highest BCUT2D eigenvalue weighted by Gasteiger charge is 2.35. The largest absolute Gasteiger partial charge is 0.464 e. The molecule has 0 unspecified atom stereocenters. The summed E-state index contributed by atoms with van der Waals surface area (Å²) >= 11 is 0. The Morgan fingerprint density at radius 3 is 2.55 bits per heavy atom. The minimum absolute atomic E-state index is 0. The van der Waals surface area contributed by atoms with E-state index in [4.69, 9.17) is 4.42 Å². The van der Waals surface area contributed by atoms with E-state index in [0.29, 0.717) is 26.1 Å². The molecule has 0 N–H and O–H groups in total. The summed E-state index contributed by atoms with van der Waals surface area (Å²) in [6.07, 6.45) is 0.601. The number of ketones is 1. The zero-order valence-corrected chi connectivity index (χ0v) is 19.8. The number of benzene rings is 2. The van der Waals surface area contributed by atoms with Crippen molar-refractivity contribution in [3.05, 3.63) is 82.3 Å². The number of furan rings is 1. The average molecular weight is 487 g/mol. The van der Waals surface area contributed by atoms with E-state index in [1.165, 1.54) is 30.3 Å². The monoisotopic (exact) mass is 486 g/mol. The third-order valence-corrected chi connectivity index (χ3v) is 7.71. The third kappa shape index (κ3) is 3.88. The molecule has 0 saturated heterocycles. The van der Waals surface area contributed by atoms with Gasteiger partial charge >= 0.3 is 0 Å². The standard InChI is InChI=1S/C24H22N2O5S.ClH/c1-25(2)14-17-11-16-13-26(10-9-20(16)31-17)24(28)15-7-8-19-22(12-15)32(29,30)21-6-4-3-5-18(21)23(19)27;/h3-8,11-12H,9-10,13-14H2,1-2H3;1H. The molecular weight excluding hydrogens is 464 g/mol. The number of hydrogen-bond donors (Lipinski definition) is 0. The van der Waals surface area contributed by atoms with E-state index in [1.54, 1.807) is 17.0 Å². The van der Waals surface area contributed by atoms with Gasteiger partial charge in [0.15, 0.2) is 5.78 Å². The van der Waals surface area contributed by atoms with Gasteiger partial charge in [0.25, 0.3) is 5.91 Å². The molecule has 0 bridgehead atoms. The summed E-state index contributed by atoms with van der Waals surface area (Å²) in [4.78, 5) is 29.6. The van der Waals surface area contributed by atoms with Crippen LogP contribution in [-0.4, -0.2) is 50.5 Å². The van der Waals surface area contributed by atoms with E-state index in [0.717, 1.165) is 17.1 Å². The number of hydrogen-bond acceptors (Lipinski definition) is 6.